The van der Waals surface area contributed by atoms with E-state index in [1.165, 1.54) is 5.57 Å². The number of carbonyl (C=O) groups excluding carboxylic acids is 1. The van der Waals surface area contributed by atoms with Crippen molar-refractivity contribution in [1.82, 2.24) is 0 Å². The summed E-state index contributed by atoms with van der Waals surface area (Å²) in [4.78, 5) is 9.97. The Morgan fingerprint density at radius 2 is 2.33 bits per heavy atom. The van der Waals surface area contributed by atoms with Crippen LogP contribution in [0.4, 0.5) is 0 Å². The molecule has 2 nitrogen and oxygen atoms in total. The van der Waals surface area contributed by atoms with Crippen LogP contribution in [-0.2, 0) is 4.79 Å². The van der Waals surface area contributed by atoms with Crippen molar-refractivity contribution in [2.75, 3.05) is 0 Å². The minimum absolute atomic E-state index is 0.207. The fourth-order valence-electron chi connectivity index (χ4n) is 1.14. The zero-order valence-electron chi connectivity index (χ0n) is 5.22. The van der Waals surface area contributed by atoms with Gasteiger partial charge in [0.2, 0.25) is 0 Å². The third-order valence-corrected chi connectivity index (χ3v) is 1.61. The Hall–Kier alpha value is -0.790. The number of carbonyl (C=O) groups is 1. The van der Waals surface area contributed by atoms with E-state index in [2.05, 4.69) is 6.58 Å². The van der Waals surface area contributed by atoms with Crippen LogP contribution >= 0.6 is 0 Å². The standard InChI is InChI=1S/C7H10O2/c1-5-2-6(3-5)4-7(8)9/h6H,1-4H2,(H,8,9)/p-1. The topological polar surface area (TPSA) is 40.1 Å². The summed E-state index contributed by atoms with van der Waals surface area (Å²) in [6.45, 7) is 3.70. The van der Waals surface area contributed by atoms with Gasteiger partial charge in [-0.25, -0.2) is 0 Å². The van der Waals surface area contributed by atoms with Crippen molar-refractivity contribution in [1.29, 1.82) is 0 Å². The Morgan fingerprint density at radius 3 is 2.67 bits per heavy atom. The van der Waals surface area contributed by atoms with E-state index in [1.54, 1.807) is 0 Å². The van der Waals surface area contributed by atoms with Crippen LogP contribution in [0.2, 0.25) is 0 Å². The van der Waals surface area contributed by atoms with Crippen LogP contribution in [0.3, 0.4) is 0 Å². The van der Waals surface area contributed by atoms with E-state index < -0.39 is 5.97 Å². The Bertz CT molecular complexity index is 141. The van der Waals surface area contributed by atoms with Gasteiger partial charge < -0.3 is 9.90 Å². The van der Waals surface area contributed by atoms with Crippen molar-refractivity contribution < 1.29 is 9.90 Å². The van der Waals surface area contributed by atoms with Gasteiger partial charge in [0.25, 0.3) is 0 Å². The molecule has 0 spiro atoms. The predicted octanol–water partition coefficient (Wildman–Crippen LogP) is 0.0926. The van der Waals surface area contributed by atoms with Crippen LogP contribution in [-0.4, -0.2) is 5.97 Å². The third kappa shape index (κ3) is 1.56. The van der Waals surface area contributed by atoms with Crippen LogP contribution in [0, 0.1) is 5.92 Å². The fraction of sp³-hybridized carbons (Fsp3) is 0.571. The molecule has 0 aromatic carbocycles. The molecule has 1 fully saturated rings. The summed E-state index contributed by atoms with van der Waals surface area (Å²) in [7, 11) is 0. The molecule has 2 heteroatoms. The molecule has 0 aromatic rings. The molecule has 9 heavy (non-hydrogen) atoms. The van der Waals surface area contributed by atoms with Crippen LogP contribution in [0.25, 0.3) is 0 Å². The Kier molecular flexibility index (Phi) is 1.56. The zero-order chi connectivity index (χ0) is 6.85. The molecule has 1 aliphatic rings. The molecule has 0 aromatic heterocycles. The van der Waals surface area contributed by atoms with Crippen LogP contribution in [0.5, 0.6) is 0 Å². The summed E-state index contributed by atoms with van der Waals surface area (Å²) in [5, 5.41) is 9.97. The molecule has 0 unspecified atom stereocenters. The first-order chi connectivity index (χ1) is 4.18. The molecule has 0 aliphatic heterocycles. The molecule has 1 aliphatic carbocycles. The zero-order valence-corrected chi connectivity index (χ0v) is 5.22. The van der Waals surface area contributed by atoms with E-state index in [0.717, 1.165) is 12.8 Å². The van der Waals surface area contributed by atoms with Crippen LogP contribution in [0.1, 0.15) is 19.3 Å². The fourth-order valence-corrected chi connectivity index (χ4v) is 1.14. The maximum atomic E-state index is 9.97. The molecule has 1 saturated carbocycles. The normalized spacial score (nSPS) is 19.3. The van der Waals surface area contributed by atoms with E-state index in [4.69, 9.17) is 0 Å². The van der Waals surface area contributed by atoms with Gasteiger partial charge in [-0.05, 0) is 25.2 Å². The quantitative estimate of drug-likeness (QED) is 0.491. The van der Waals surface area contributed by atoms with Gasteiger partial charge >= 0.3 is 0 Å². The summed E-state index contributed by atoms with van der Waals surface area (Å²) < 4.78 is 0. The number of rotatable bonds is 2. The summed E-state index contributed by atoms with van der Waals surface area (Å²) in [5.74, 6) is -0.616. The second-order valence-electron chi connectivity index (χ2n) is 2.60. The van der Waals surface area contributed by atoms with Crippen molar-refractivity contribution in [2.45, 2.75) is 19.3 Å². The second-order valence-corrected chi connectivity index (χ2v) is 2.60. The number of aliphatic carboxylic acids is 1. The number of carboxylic acid groups (broad SMARTS) is 1. The first kappa shape index (κ1) is 6.33. The molecule has 0 amide bonds. The van der Waals surface area contributed by atoms with Gasteiger partial charge in [0.05, 0.1) is 0 Å². The number of hydrogen-bond donors (Lipinski definition) is 0. The average Bonchev–Trinajstić information content (AvgIpc) is 1.60. The molecule has 0 radical (unpaired) electrons. The smallest absolute Gasteiger partial charge is 0.0417 e. The van der Waals surface area contributed by atoms with Gasteiger partial charge in [0, 0.05) is 5.97 Å². The Morgan fingerprint density at radius 1 is 1.78 bits per heavy atom. The Balaban J connectivity index is 2.18. The van der Waals surface area contributed by atoms with Gasteiger partial charge in [-0.1, -0.05) is 12.2 Å². The lowest BCUT2D eigenvalue weighted by Gasteiger charge is -2.28. The maximum Gasteiger partial charge on any atom is 0.0417 e. The minimum atomic E-state index is -0.937. The second kappa shape index (κ2) is 2.21. The summed E-state index contributed by atoms with van der Waals surface area (Å²) >= 11 is 0. The molecular formula is C7H9O2-. The van der Waals surface area contributed by atoms with E-state index >= 15 is 0 Å². The highest BCUT2D eigenvalue weighted by Crippen LogP contribution is 2.33. The summed E-state index contributed by atoms with van der Waals surface area (Å²) in [5.41, 5.74) is 1.17. The lowest BCUT2D eigenvalue weighted by Crippen LogP contribution is -2.28. The van der Waals surface area contributed by atoms with E-state index in [-0.39, 0.29) is 6.42 Å². The monoisotopic (exact) mass is 125 g/mol. The van der Waals surface area contributed by atoms with Crippen molar-refractivity contribution in [3.63, 3.8) is 0 Å². The number of allylic oxidation sites excluding steroid dienone is 1. The van der Waals surface area contributed by atoms with Gasteiger partial charge in [-0.15, -0.1) is 0 Å². The summed E-state index contributed by atoms with van der Waals surface area (Å²) in [6, 6.07) is 0. The van der Waals surface area contributed by atoms with Gasteiger partial charge in [0.1, 0.15) is 0 Å². The third-order valence-electron chi connectivity index (χ3n) is 1.61. The SMILES string of the molecule is C=C1CC(CC(=O)[O-])C1. The lowest BCUT2D eigenvalue weighted by molar-refractivity contribution is -0.307. The van der Waals surface area contributed by atoms with E-state index in [0.29, 0.717) is 5.92 Å². The van der Waals surface area contributed by atoms with Crippen molar-refractivity contribution in [3.05, 3.63) is 12.2 Å². The average molecular weight is 125 g/mol. The van der Waals surface area contributed by atoms with E-state index in [9.17, 15) is 9.90 Å². The summed E-state index contributed by atoms with van der Waals surface area (Å²) in [6.07, 6.45) is 1.97. The first-order valence-corrected chi connectivity index (χ1v) is 3.05. The van der Waals surface area contributed by atoms with Gasteiger partial charge in [-0.2, -0.15) is 0 Å². The highest BCUT2D eigenvalue weighted by Gasteiger charge is 2.20. The van der Waals surface area contributed by atoms with Gasteiger partial charge in [-0.3, -0.25) is 0 Å². The molecule has 0 atom stereocenters. The lowest BCUT2D eigenvalue weighted by atomic mass is 9.79. The minimum Gasteiger partial charge on any atom is -0.550 e. The van der Waals surface area contributed by atoms with Crippen molar-refractivity contribution in [2.24, 2.45) is 5.92 Å². The molecule has 0 bridgehead atoms. The van der Waals surface area contributed by atoms with Crippen LogP contribution < -0.4 is 5.11 Å². The highest BCUT2D eigenvalue weighted by molar-refractivity contribution is 5.64. The Labute approximate surface area is 54.2 Å². The molecule has 50 valence electrons. The first-order valence-electron chi connectivity index (χ1n) is 3.05. The molecule has 1 rings (SSSR count). The molecule has 0 N–H and O–H groups in total. The highest BCUT2D eigenvalue weighted by atomic mass is 16.4. The maximum absolute atomic E-state index is 9.97. The van der Waals surface area contributed by atoms with Crippen molar-refractivity contribution in [3.8, 4) is 0 Å². The molecule has 0 saturated heterocycles. The van der Waals surface area contributed by atoms with Crippen LogP contribution in [0.15, 0.2) is 12.2 Å². The van der Waals surface area contributed by atoms with Crippen molar-refractivity contribution >= 4 is 5.97 Å². The van der Waals surface area contributed by atoms with E-state index in [1.807, 2.05) is 0 Å². The molecule has 0 heterocycles. The predicted molar refractivity (Wildman–Crippen MR) is 31.5 cm³/mol. The molecular weight excluding hydrogens is 116 g/mol. The van der Waals surface area contributed by atoms with Gasteiger partial charge in [0.15, 0.2) is 0 Å². The largest absolute Gasteiger partial charge is 0.550 e. The number of hydrogen-bond acceptors (Lipinski definition) is 2. The number of carboxylic acids is 1.